The maximum atomic E-state index is 12.6. The molecule has 0 aliphatic rings. The van der Waals surface area contributed by atoms with Gasteiger partial charge in [-0.15, -0.1) is 0 Å². The molecule has 0 aromatic heterocycles. The molecule has 2 rings (SSSR count). The van der Waals surface area contributed by atoms with Crippen LogP contribution in [0.4, 0.5) is 11.4 Å². The van der Waals surface area contributed by atoms with E-state index in [1.165, 1.54) is 51.7 Å². The molecule has 142 valence electrons. The molecule has 0 bridgehead atoms. The molecule has 0 saturated heterocycles. The summed E-state index contributed by atoms with van der Waals surface area (Å²) in [6.07, 6.45) is 0. The molecule has 0 aliphatic heterocycles. The van der Waals surface area contributed by atoms with Crippen LogP contribution >= 0.6 is 0 Å². The third-order valence-corrected chi connectivity index (χ3v) is 3.66. The van der Waals surface area contributed by atoms with Gasteiger partial charge in [-0.05, 0) is 24.3 Å². The summed E-state index contributed by atoms with van der Waals surface area (Å²) in [5.41, 5.74) is 4.88. The summed E-state index contributed by atoms with van der Waals surface area (Å²) >= 11 is 0. The number of anilines is 1. The van der Waals surface area contributed by atoms with Gasteiger partial charge in [0.1, 0.15) is 5.56 Å². The molecule has 3 N–H and O–H groups in total. The zero-order valence-corrected chi connectivity index (χ0v) is 14.8. The number of nitro groups is 1. The number of carbonyl (C=O) groups is 2. The van der Waals surface area contributed by atoms with Crippen molar-refractivity contribution in [3.63, 3.8) is 0 Å². The Bertz CT molecular complexity index is 894. The number of nitrogens with one attached hydrogen (secondary N) is 1. The second-order valence-electron chi connectivity index (χ2n) is 5.19. The van der Waals surface area contributed by atoms with Gasteiger partial charge in [0.25, 0.3) is 5.91 Å². The van der Waals surface area contributed by atoms with Crippen molar-refractivity contribution in [2.24, 2.45) is 5.73 Å². The van der Waals surface area contributed by atoms with Gasteiger partial charge in [-0.1, -0.05) is 0 Å². The zero-order valence-electron chi connectivity index (χ0n) is 14.8. The maximum absolute atomic E-state index is 12.6. The number of nitrogens with two attached hydrogens (primary N) is 1. The van der Waals surface area contributed by atoms with E-state index in [1.54, 1.807) is 0 Å². The second-order valence-corrected chi connectivity index (χ2v) is 5.19. The number of hydrogen-bond acceptors (Lipinski definition) is 7. The number of nitrogens with zero attached hydrogens (tertiary/aromatic N) is 1. The van der Waals surface area contributed by atoms with E-state index >= 15 is 0 Å². The van der Waals surface area contributed by atoms with Crippen LogP contribution in [-0.4, -0.2) is 38.1 Å². The smallest absolute Gasteiger partial charge is 0.327 e. The third kappa shape index (κ3) is 3.89. The lowest BCUT2D eigenvalue weighted by atomic mass is 10.1. The standard InChI is InChI=1S/C17H17N3O7/c1-25-12-8-11(13(20(23)24)15(27-3)14(12)26-2)17(22)19-10-6-4-9(5-7-10)16(18)21/h4-8H,1-3H3,(H2,18,21)(H,19,22). The number of ether oxygens (including phenoxy) is 3. The third-order valence-electron chi connectivity index (χ3n) is 3.66. The monoisotopic (exact) mass is 375 g/mol. The molecular formula is C17H17N3O7. The highest BCUT2D eigenvalue weighted by Gasteiger charge is 2.32. The normalized spacial score (nSPS) is 10.0. The molecule has 2 amide bonds. The van der Waals surface area contributed by atoms with Gasteiger partial charge < -0.3 is 25.3 Å². The lowest BCUT2D eigenvalue weighted by Crippen LogP contribution is -2.16. The van der Waals surface area contributed by atoms with Crippen molar-refractivity contribution in [3.05, 3.63) is 51.6 Å². The molecule has 2 aromatic rings. The minimum Gasteiger partial charge on any atom is -0.493 e. The predicted molar refractivity (Wildman–Crippen MR) is 95.7 cm³/mol. The van der Waals surface area contributed by atoms with E-state index < -0.39 is 22.4 Å². The zero-order chi connectivity index (χ0) is 20.1. The van der Waals surface area contributed by atoms with Crippen molar-refractivity contribution in [3.8, 4) is 17.2 Å². The Morgan fingerprint density at radius 3 is 2.07 bits per heavy atom. The second kappa shape index (κ2) is 8.04. The fraction of sp³-hybridized carbons (Fsp3) is 0.176. The molecule has 0 aliphatic carbocycles. The summed E-state index contributed by atoms with van der Waals surface area (Å²) in [4.78, 5) is 34.5. The van der Waals surface area contributed by atoms with Gasteiger partial charge in [-0.3, -0.25) is 19.7 Å². The lowest BCUT2D eigenvalue weighted by molar-refractivity contribution is -0.386. The van der Waals surface area contributed by atoms with E-state index in [0.29, 0.717) is 5.69 Å². The first-order valence-corrected chi connectivity index (χ1v) is 7.52. The highest BCUT2D eigenvalue weighted by atomic mass is 16.6. The van der Waals surface area contributed by atoms with Crippen molar-refractivity contribution in [1.29, 1.82) is 0 Å². The van der Waals surface area contributed by atoms with E-state index in [-0.39, 0.29) is 28.4 Å². The first kappa shape index (κ1) is 19.5. The Morgan fingerprint density at radius 2 is 1.63 bits per heavy atom. The summed E-state index contributed by atoms with van der Waals surface area (Å²) < 4.78 is 15.3. The molecule has 0 unspecified atom stereocenters. The Labute approximate surface area is 154 Å². The van der Waals surface area contributed by atoms with E-state index in [0.717, 1.165) is 0 Å². The molecular weight excluding hydrogens is 358 g/mol. The van der Waals surface area contributed by atoms with Gasteiger partial charge in [0.05, 0.1) is 26.3 Å². The summed E-state index contributed by atoms with van der Waals surface area (Å²) in [7, 11) is 3.84. The quantitative estimate of drug-likeness (QED) is 0.556. The Hall–Kier alpha value is -3.82. The molecule has 2 aromatic carbocycles. The number of methoxy groups -OCH3 is 3. The van der Waals surface area contributed by atoms with E-state index in [4.69, 9.17) is 19.9 Å². The maximum Gasteiger partial charge on any atom is 0.327 e. The largest absolute Gasteiger partial charge is 0.493 e. The van der Waals surface area contributed by atoms with E-state index in [9.17, 15) is 19.7 Å². The van der Waals surface area contributed by atoms with Gasteiger partial charge in [0.2, 0.25) is 17.4 Å². The van der Waals surface area contributed by atoms with Crippen LogP contribution in [0.2, 0.25) is 0 Å². The van der Waals surface area contributed by atoms with Crippen molar-refractivity contribution >= 4 is 23.2 Å². The topological polar surface area (TPSA) is 143 Å². The summed E-state index contributed by atoms with van der Waals surface area (Å²) in [5, 5.41) is 14.1. The van der Waals surface area contributed by atoms with Crippen molar-refractivity contribution in [1.82, 2.24) is 0 Å². The first-order valence-electron chi connectivity index (χ1n) is 7.52. The average molecular weight is 375 g/mol. The number of carbonyl (C=O) groups excluding carboxylic acids is 2. The van der Waals surface area contributed by atoms with Gasteiger partial charge in [-0.2, -0.15) is 0 Å². The Kier molecular flexibility index (Phi) is 5.81. The lowest BCUT2D eigenvalue weighted by Gasteiger charge is -2.15. The Balaban J connectivity index is 2.50. The van der Waals surface area contributed by atoms with Crippen LogP contribution in [0.15, 0.2) is 30.3 Å². The molecule has 10 nitrogen and oxygen atoms in total. The molecule has 0 saturated carbocycles. The van der Waals surface area contributed by atoms with Gasteiger partial charge in [0, 0.05) is 17.3 Å². The summed E-state index contributed by atoms with van der Waals surface area (Å²) in [6.45, 7) is 0. The molecule has 10 heteroatoms. The predicted octanol–water partition coefficient (Wildman–Crippen LogP) is 1.97. The molecule has 0 heterocycles. The average Bonchev–Trinajstić information content (AvgIpc) is 2.66. The molecule has 0 spiro atoms. The highest BCUT2D eigenvalue weighted by Crippen LogP contribution is 2.46. The van der Waals surface area contributed by atoms with Crippen LogP contribution in [0.1, 0.15) is 20.7 Å². The van der Waals surface area contributed by atoms with Crippen molar-refractivity contribution < 1.29 is 28.7 Å². The molecule has 0 radical (unpaired) electrons. The van der Waals surface area contributed by atoms with Gasteiger partial charge in [-0.25, -0.2) is 0 Å². The van der Waals surface area contributed by atoms with Crippen molar-refractivity contribution in [2.45, 2.75) is 0 Å². The van der Waals surface area contributed by atoms with Crippen LogP contribution in [0.25, 0.3) is 0 Å². The minimum absolute atomic E-state index is 0.00550. The molecule has 27 heavy (non-hydrogen) atoms. The number of amides is 2. The molecule has 0 fully saturated rings. The fourth-order valence-corrected chi connectivity index (χ4v) is 2.41. The Morgan fingerprint density at radius 1 is 1.04 bits per heavy atom. The van der Waals surface area contributed by atoms with E-state index in [2.05, 4.69) is 5.32 Å². The molecule has 0 atom stereocenters. The SMILES string of the molecule is COc1cc(C(=O)Nc2ccc(C(N)=O)cc2)c([N+](=O)[O-])c(OC)c1OC. The number of rotatable bonds is 7. The summed E-state index contributed by atoms with van der Waals surface area (Å²) in [6, 6.07) is 6.92. The van der Waals surface area contributed by atoms with Crippen LogP contribution in [0, 0.1) is 10.1 Å². The van der Waals surface area contributed by atoms with Crippen LogP contribution < -0.4 is 25.3 Å². The number of benzene rings is 2. The highest BCUT2D eigenvalue weighted by molar-refractivity contribution is 6.08. The van der Waals surface area contributed by atoms with Crippen LogP contribution in [0.5, 0.6) is 17.2 Å². The number of primary amides is 1. The van der Waals surface area contributed by atoms with Crippen LogP contribution in [-0.2, 0) is 0 Å². The first-order chi connectivity index (χ1) is 12.8. The van der Waals surface area contributed by atoms with Gasteiger partial charge in [0.15, 0.2) is 5.75 Å². The van der Waals surface area contributed by atoms with Gasteiger partial charge >= 0.3 is 5.69 Å². The van der Waals surface area contributed by atoms with E-state index in [1.807, 2.05) is 0 Å². The number of hydrogen-bond donors (Lipinski definition) is 2. The summed E-state index contributed by atoms with van der Waals surface area (Å²) in [5.74, 6) is -1.54. The number of nitro benzene ring substituents is 1. The van der Waals surface area contributed by atoms with Crippen molar-refractivity contribution in [2.75, 3.05) is 26.6 Å². The minimum atomic E-state index is -0.771. The van der Waals surface area contributed by atoms with Crippen LogP contribution in [0.3, 0.4) is 0 Å². The fourth-order valence-electron chi connectivity index (χ4n) is 2.41.